The highest BCUT2D eigenvalue weighted by atomic mass is 35.5. The van der Waals surface area contributed by atoms with Crippen molar-refractivity contribution in [1.82, 2.24) is 19.7 Å². The number of nitrogens with one attached hydrogen (secondary N) is 2. The molecule has 33 heavy (non-hydrogen) atoms. The summed E-state index contributed by atoms with van der Waals surface area (Å²) in [5.41, 5.74) is 2.00. The van der Waals surface area contributed by atoms with E-state index in [-0.39, 0.29) is 23.5 Å². The Morgan fingerprint density at radius 2 is 2.18 bits per heavy atom. The Hall–Kier alpha value is -2.88. The van der Waals surface area contributed by atoms with E-state index >= 15 is 0 Å². The molecule has 170 valence electrons. The highest BCUT2D eigenvalue weighted by molar-refractivity contribution is 7.99. The van der Waals surface area contributed by atoms with E-state index in [1.165, 1.54) is 30.0 Å². The van der Waals surface area contributed by atoms with Gasteiger partial charge in [0.1, 0.15) is 5.82 Å². The summed E-state index contributed by atoms with van der Waals surface area (Å²) in [6.45, 7) is 1.33. The number of carbonyl (C=O) groups is 1. The number of halogens is 2. The van der Waals surface area contributed by atoms with Crippen LogP contribution in [0.4, 0.5) is 10.1 Å². The second-order valence-corrected chi connectivity index (χ2v) is 9.14. The number of hydrogen-bond donors (Lipinski definition) is 2. The zero-order valence-corrected chi connectivity index (χ0v) is 19.1. The molecule has 0 saturated carbocycles. The summed E-state index contributed by atoms with van der Waals surface area (Å²) >= 11 is 7.16. The molecular weight excluding hydrogens is 465 g/mol. The maximum absolute atomic E-state index is 13.9. The minimum absolute atomic E-state index is 0.0451. The number of ether oxygens (including phenoxy) is 1. The monoisotopic (exact) mass is 485 g/mol. The first-order valence-electron chi connectivity index (χ1n) is 10.6. The third-order valence-corrected chi connectivity index (χ3v) is 6.69. The van der Waals surface area contributed by atoms with E-state index in [4.69, 9.17) is 16.3 Å². The number of fused-ring (bicyclic) bond motifs is 1. The molecule has 4 aromatic rings. The van der Waals surface area contributed by atoms with Gasteiger partial charge in [0, 0.05) is 34.3 Å². The first-order valence-corrected chi connectivity index (χ1v) is 11.9. The number of H-pyrrole nitrogens is 1. The summed E-state index contributed by atoms with van der Waals surface area (Å²) in [5.74, 6) is -0.141. The molecule has 1 atom stereocenters. The minimum atomic E-state index is -0.541. The topological polar surface area (TPSA) is 84.8 Å². The van der Waals surface area contributed by atoms with Crippen LogP contribution in [0.3, 0.4) is 0 Å². The second kappa shape index (κ2) is 9.54. The molecule has 2 aromatic heterocycles. The van der Waals surface area contributed by atoms with Crippen molar-refractivity contribution in [3.63, 3.8) is 0 Å². The number of thioether (sulfide) groups is 1. The summed E-state index contributed by atoms with van der Waals surface area (Å²) in [5, 5.41) is 13.4. The molecule has 1 aliphatic rings. The zero-order chi connectivity index (χ0) is 22.8. The van der Waals surface area contributed by atoms with Crippen LogP contribution in [0.1, 0.15) is 12.8 Å². The Bertz CT molecular complexity index is 1300. The lowest BCUT2D eigenvalue weighted by molar-refractivity contribution is -0.113. The predicted octanol–water partition coefficient (Wildman–Crippen LogP) is 5.13. The highest BCUT2D eigenvalue weighted by Crippen LogP contribution is 2.31. The van der Waals surface area contributed by atoms with E-state index in [0.717, 1.165) is 35.9 Å². The summed E-state index contributed by atoms with van der Waals surface area (Å²) in [6.07, 6.45) is 3.97. The van der Waals surface area contributed by atoms with E-state index in [2.05, 4.69) is 20.5 Å². The third kappa shape index (κ3) is 4.75. The summed E-state index contributed by atoms with van der Waals surface area (Å²) < 4.78 is 21.8. The van der Waals surface area contributed by atoms with Crippen molar-refractivity contribution in [2.75, 3.05) is 17.7 Å². The number of rotatable bonds is 7. The Labute approximate surface area is 198 Å². The smallest absolute Gasteiger partial charge is 0.234 e. The van der Waals surface area contributed by atoms with E-state index in [0.29, 0.717) is 22.5 Å². The Morgan fingerprint density at radius 1 is 1.30 bits per heavy atom. The van der Waals surface area contributed by atoms with Crippen LogP contribution in [0, 0.1) is 5.82 Å². The van der Waals surface area contributed by atoms with Gasteiger partial charge in [0.15, 0.2) is 11.0 Å². The van der Waals surface area contributed by atoms with Crippen molar-refractivity contribution in [3.05, 3.63) is 59.5 Å². The van der Waals surface area contributed by atoms with Crippen molar-refractivity contribution < 1.29 is 13.9 Å². The molecule has 5 rings (SSSR count). The minimum Gasteiger partial charge on any atom is -0.376 e. The van der Waals surface area contributed by atoms with Crippen molar-refractivity contribution in [1.29, 1.82) is 0 Å². The molecule has 1 saturated heterocycles. The van der Waals surface area contributed by atoms with E-state index in [9.17, 15) is 9.18 Å². The van der Waals surface area contributed by atoms with Crippen molar-refractivity contribution in [2.45, 2.75) is 30.6 Å². The molecule has 1 aliphatic heterocycles. The number of amides is 1. The van der Waals surface area contributed by atoms with Crippen molar-refractivity contribution in [2.24, 2.45) is 0 Å². The van der Waals surface area contributed by atoms with E-state index in [1.54, 1.807) is 0 Å². The van der Waals surface area contributed by atoms with Crippen LogP contribution >= 0.6 is 23.4 Å². The molecule has 2 N–H and O–H groups in total. The molecule has 1 fully saturated rings. The van der Waals surface area contributed by atoms with Gasteiger partial charge in [-0.15, -0.1) is 10.2 Å². The number of anilines is 1. The van der Waals surface area contributed by atoms with Crippen molar-refractivity contribution in [3.8, 4) is 11.4 Å². The molecule has 0 bridgehead atoms. The number of para-hydroxylation sites is 1. The molecule has 0 spiro atoms. The van der Waals surface area contributed by atoms with Crippen LogP contribution < -0.4 is 5.32 Å². The maximum atomic E-state index is 13.9. The third-order valence-electron chi connectivity index (χ3n) is 5.49. The molecule has 0 radical (unpaired) electrons. The molecule has 1 unspecified atom stereocenters. The lowest BCUT2D eigenvalue weighted by Crippen LogP contribution is -2.18. The molecule has 7 nitrogen and oxygen atoms in total. The SMILES string of the molecule is O=C(CSc1nnc(-c2c[nH]c3ccccc23)n1CC1CCCO1)Nc1cc(Cl)ccc1F. The van der Waals surface area contributed by atoms with Gasteiger partial charge in [-0.25, -0.2) is 4.39 Å². The van der Waals surface area contributed by atoms with Crippen LogP contribution in [-0.2, 0) is 16.1 Å². The lowest BCUT2D eigenvalue weighted by Gasteiger charge is -2.14. The van der Waals surface area contributed by atoms with Gasteiger partial charge in [0.05, 0.1) is 24.1 Å². The Kier molecular flexibility index (Phi) is 6.34. The van der Waals surface area contributed by atoms with Gasteiger partial charge < -0.3 is 15.0 Å². The van der Waals surface area contributed by atoms with Gasteiger partial charge in [-0.3, -0.25) is 9.36 Å². The fraction of sp³-hybridized carbons (Fsp3) is 0.261. The number of nitrogens with zero attached hydrogens (tertiary/aromatic N) is 3. The number of aromatic nitrogens is 4. The molecule has 2 aromatic carbocycles. The van der Waals surface area contributed by atoms with Crippen LogP contribution in [0.5, 0.6) is 0 Å². The van der Waals surface area contributed by atoms with Crippen molar-refractivity contribution >= 4 is 45.9 Å². The average Bonchev–Trinajstić information content (AvgIpc) is 3.55. The first kappa shape index (κ1) is 21.9. The maximum Gasteiger partial charge on any atom is 0.234 e. The molecule has 10 heteroatoms. The second-order valence-electron chi connectivity index (χ2n) is 7.76. The van der Waals surface area contributed by atoms with Crippen LogP contribution in [-0.4, -0.2) is 44.1 Å². The van der Waals surface area contributed by atoms with E-state index in [1.807, 2.05) is 35.0 Å². The fourth-order valence-corrected chi connectivity index (χ4v) is 4.84. The zero-order valence-electron chi connectivity index (χ0n) is 17.6. The van der Waals surface area contributed by atoms with Gasteiger partial charge >= 0.3 is 0 Å². The largest absolute Gasteiger partial charge is 0.376 e. The first-order chi connectivity index (χ1) is 16.1. The number of benzene rings is 2. The summed E-state index contributed by atoms with van der Waals surface area (Å²) in [6, 6.07) is 12.0. The van der Waals surface area contributed by atoms with Gasteiger partial charge in [-0.1, -0.05) is 41.6 Å². The number of aromatic amines is 1. The molecular formula is C23H21ClFN5O2S. The average molecular weight is 486 g/mol. The summed E-state index contributed by atoms with van der Waals surface area (Å²) in [4.78, 5) is 15.8. The fourth-order valence-electron chi connectivity index (χ4n) is 3.92. The van der Waals surface area contributed by atoms with E-state index < -0.39 is 5.82 Å². The quantitative estimate of drug-likeness (QED) is 0.354. The standard InChI is InChI=1S/C23H21ClFN5O2S/c24-14-7-8-18(25)20(10-14)27-21(31)13-33-23-29-28-22(30(23)12-15-4-3-9-32-15)17-11-26-19-6-2-1-5-16(17)19/h1-2,5-8,10-11,15,26H,3-4,9,12-13H2,(H,27,31). The lowest BCUT2D eigenvalue weighted by atomic mass is 10.1. The normalized spacial score (nSPS) is 15.9. The Morgan fingerprint density at radius 3 is 3.03 bits per heavy atom. The van der Waals surface area contributed by atoms with Gasteiger partial charge in [-0.2, -0.15) is 0 Å². The van der Waals surface area contributed by atoms with Gasteiger partial charge in [-0.05, 0) is 37.1 Å². The number of hydrogen-bond acceptors (Lipinski definition) is 5. The Balaban J connectivity index is 1.38. The van der Waals surface area contributed by atoms with Crippen LogP contribution in [0.2, 0.25) is 5.02 Å². The van der Waals surface area contributed by atoms with Crippen LogP contribution in [0.15, 0.2) is 53.8 Å². The van der Waals surface area contributed by atoms with Gasteiger partial charge in [0.25, 0.3) is 0 Å². The summed E-state index contributed by atoms with van der Waals surface area (Å²) in [7, 11) is 0. The van der Waals surface area contributed by atoms with Crippen LogP contribution in [0.25, 0.3) is 22.3 Å². The highest BCUT2D eigenvalue weighted by Gasteiger charge is 2.23. The number of carbonyl (C=O) groups excluding carboxylic acids is 1. The molecule has 0 aliphatic carbocycles. The van der Waals surface area contributed by atoms with Gasteiger partial charge in [0.2, 0.25) is 5.91 Å². The molecule has 1 amide bonds. The predicted molar refractivity (Wildman–Crippen MR) is 127 cm³/mol. The molecule has 3 heterocycles.